The van der Waals surface area contributed by atoms with E-state index in [9.17, 15) is 4.79 Å². The Bertz CT molecular complexity index is 169. The highest BCUT2D eigenvalue weighted by Gasteiger charge is 2.20. The minimum Gasteiger partial charge on any atom is -0.461 e. The fraction of sp³-hybridized carbons (Fsp3) is 0.889. The topological polar surface area (TPSA) is 52.3 Å². The second-order valence-electron chi connectivity index (χ2n) is 3.46. The molecule has 0 aliphatic heterocycles. The molecule has 0 saturated heterocycles. The van der Waals surface area contributed by atoms with Crippen molar-refractivity contribution in [2.45, 2.75) is 44.2 Å². The van der Waals surface area contributed by atoms with E-state index in [0.29, 0.717) is 4.43 Å². The van der Waals surface area contributed by atoms with Gasteiger partial charge in [0, 0.05) is 4.43 Å². The summed E-state index contributed by atoms with van der Waals surface area (Å²) in [5.74, 6) is -0.235. The molecule has 0 amide bonds. The summed E-state index contributed by atoms with van der Waals surface area (Å²) in [7, 11) is 0. The van der Waals surface area contributed by atoms with Crippen LogP contribution in [0.5, 0.6) is 0 Å². The number of halogens is 1. The van der Waals surface area contributed by atoms with Gasteiger partial charge in [0.15, 0.2) is 0 Å². The van der Waals surface area contributed by atoms with E-state index >= 15 is 0 Å². The Morgan fingerprint density at radius 3 is 2.62 bits per heavy atom. The van der Waals surface area contributed by atoms with Crippen molar-refractivity contribution in [1.29, 1.82) is 0 Å². The van der Waals surface area contributed by atoms with Gasteiger partial charge in [0.2, 0.25) is 0 Å². The predicted octanol–water partition coefficient (Wildman–Crippen LogP) is 1.62. The average molecular weight is 297 g/mol. The molecule has 0 heterocycles. The lowest BCUT2D eigenvalue weighted by Gasteiger charge is -2.22. The van der Waals surface area contributed by atoms with E-state index in [2.05, 4.69) is 22.6 Å². The van der Waals surface area contributed by atoms with E-state index in [4.69, 9.17) is 10.5 Å². The normalized spacial score (nSPS) is 21.1. The molecule has 13 heavy (non-hydrogen) atoms. The zero-order chi connectivity index (χ0) is 9.68. The van der Waals surface area contributed by atoms with Crippen molar-refractivity contribution < 1.29 is 9.53 Å². The molecule has 0 spiro atoms. The summed E-state index contributed by atoms with van der Waals surface area (Å²) in [6.07, 6.45) is 5.79. The largest absolute Gasteiger partial charge is 0.461 e. The van der Waals surface area contributed by atoms with Crippen LogP contribution in [0.1, 0.15) is 32.1 Å². The van der Waals surface area contributed by atoms with Gasteiger partial charge in [0.05, 0.1) is 0 Å². The highest BCUT2D eigenvalue weighted by Crippen LogP contribution is 2.20. The van der Waals surface area contributed by atoms with E-state index in [1.54, 1.807) is 0 Å². The van der Waals surface area contributed by atoms with Crippen LogP contribution >= 0.6 is 22.6 Å². The van der Waals surface area contributed by atoms with Crippen LogP contribution in [-0.2, 0) is 9.53 Å². The summed E-state index contributed by atoms with van der Waals surface area (Å²) in [4.78, 5) is 11.3. The molecule has 0 radical (unpaired) electrons. The molecule has 0 aromatic carbocycles. The first-order chi connectivity index (χ1) is 6.24. The van der Waals surface area contributed by atoms with Gasteiger partial charge >= 0.3 is 5.97 Å². The van der Waals surface area contributed by atoms with Gasteiger partial charge in [0.1, 0.15) is 12.1 Å². The summed E-state index contributed by atoms with van der Waals surface area (Å²) in [6.45, 7) is 0. The van der Waals surface area contributed by atoms with Crippen molar-refractivity contribution in [1.82, 2.24) is 0 Å². The van der Waals surface area contributed by atoms with E-state index in [0.717, 1.165) is 12.8 Å². The number of hydrogen-bond acceptors (Lipinski definition) is 3. The van der Waals surface area contributed by atoms with Crippen molar-refractivity contribution >= 4 is 28.6 Å². The molecule has 0 aromatic heterocycles. The maximum atomic E-state index is 11.3. The molecular weight excluding hydrogens is 281 g/mol. The molecule has 0 unspecified atom stereocenters. The summed E-state index contributed by atoms with van der Waals surface area (Å²) in [5, 5.41) is 0. The molecule has 76 valence electrons. The summed E-state index contributed by atoms with van der Waals surface area (Å²) in [6, 6.07) is -0.442. The number of esters is 1. The van der Waals surface area contributed by atoms with Gasteiger partial charge in [0.25, 0.3) is 0 Å². The van der Waals surface area contributed by atoms with Crippen LogP contribution in [0.25, 0.3) is 0 Å². The molecular formula is C9H16INO2. The number of nitrogens with two attached hydrogens (primary N) is 1. The Labute approximate surface area is 92.5 Å². The Balaban J connectivity index is 2.26. The second-order valence-corrected chi connectivity index (χ2v) is 4.34. The quantitative estimate of drug-likeness (QED) is 0.489. The van der Waals surface area contributed by atoms with E-state index in [1.165, 1.54) is 19.3 Å². The van der Waals surface area contributed by atoms with Crippen molar-refractivity contribution in [3.05, 3.63) is 0 Å². The molecule has 4 heteroatoms. The molecule has 1 aliphatic rings. The minimum atomic E-state index is -0.442. The Kier molecular flexibility index (Phi) is 5.01. The highest BCUT2D eigenvalue weighted by molar-refractivity contribution is 14.1. The van der Waals surface area contributed by atoms with Crippen molar-refractivity contribution in [3.8, 4) is 0 Å². The zero-order valence-electron chi connectivity index (χ0n) is 7.67. The lowest BCUT2D eigenvalue weighted by Crippen LogP contribution is -2.36. The van der Waals surface area contributed by atoms with Crippen LogP contribution in [0.3, 0.4) is 0 Å². The molecule has 0 bridgehead atoms. The molecule has 1 rings (SSSR count). The molecule has 2 N–H and O–H groups in total. The lowest BCUT2D eigenvalue weighted by atomic mass is 9.98. The molecule has 3 nitrogen and oxygen atoms in total. The smallest absolute Gasteiger partial charge is 0.323 e. The summed E-state index contributed by atoms with van der Waals surface area (Å²) < 4.78 is 5.90. The number of carbonyl (C=O) groups is 1. The highest BCUT2D eigenvalue weighted by atomic mass is 127. The van der Waals surface area contributed by atoms with Gasteiger partial charge in [-0.25, -0.2) is 0 Å². The van der Waals surface area contributed by atoms with Gasteiger partial charge in [-0.1, -0.05) is 29.0 Å². The lowest BCUT2D eigenvalue weighted by molar-refractivity contribution is -0.151. The SMILES string of the molecule is N[C@@H](CI)C(=O)OC1CCCCC1. The summed E-state index contributed by atoms with van der Waals surface area (Å²) >= 11 is 2.10. The van der Waals surface area contributed by atoms with Crippen LogP contribution in [-0.4, -0.2) is 22.5 Å². The van der Waals surface area contributed by atoms with Gasteiger partial charge < -0.3 is 10.5 Å². The third-order valence-electron chi connectivity index (χ3n) is 2.30. The monoisotopic (exact) mass is 297 g/mol. The van der Waals surface area contributed by atoms with E-state index in [1.807, 2.05) is 0 Å². The maximum absolute atomic E-state index is 11.3. The number of rotatable bonds is 3. The average Bonchev–Trinajstić information content (AvgIpc) is 2.18. The first-order valence-electron chi connectivity index (χ1n) is 4.76. The Morgan fingerprint density at radius 1 is 1.46 bits per heavy atom. The van der Waals surface area contributed by atoms with Gasteiger partial charge in [-0.3, -0.25) is 4.79 Å². The Hall–Kier alpha value is 0.160. The molecule has 1 aliphatic carbocycles. The van der Waals surface area contributed by atoms with Crippen molar-refractivity contribution in [2.24, 2.45) is 5.73 Å². The molecule has 1 saturated carbocycles. The second kappa shape index (κ2) is 5.80. The standard InChI is InChI=1S/C9H16INO2/c10-6-8(11)9(12)13-7-4-2-1-3-5-7/h7-8H,1-6,11H2/t8-/m0/s1. The fourth-order valence-electron chi connectivity index (χ4n) is 1.50. The zero-order valence-corrected chi connectivity index (χ0v) is 9.83. The van der Waals surface area contributed by atoms with Crippen LogP contribution < -0.4 is 5.73 Å². The van der Waals surface area contributed by atoms with Gasteiger partial charge in [-0.05, 0) is 25.7 Å². The first-order valence-corrected chi connectivity index (χ1v) is 6.28. The molecule has 1 fully saturated rings. The van der Waals surface area contributed by atoms with Crippen molar-refractivity contribution in [3.63, 3.8) is 0 Å². The van der Waals surface area contributed by atoms with Crippen LogP contribution in [0.15, 0.2) is 0 Å². The van der Waals surface area contributed by atoms with Crippen LogP contribution in [0, 0.1) is 0 Å². The molecule has 1 atom stereocenters. The first kappa shape index (κ1) is 11.2. The maximum Gasteiger partial charge on any atom is 0.323 e. The van der Waals surface area contributed by atoms with E-state index in [-0.39, 0.29) is 12.1 Å². The third-order valence-corrected chi connectivity index (χ3v) is 3.25. The Morgan fingerprint density at radius 2 is 2.08 bits per heavy atom. The third kappa shape index (κ3) is 3.81. The molecule has 0 aromatic rings. The number of hydrogen-bond donors (Lipinski definition) is 1. The predicted molar refractivity (Wildman–Crippen MR) is 59.8 cm³/mol. The van der Waals surface area contributed by atoms with Crippen LogP contribution in [0.4, 0.5) is 0 Å². The van der Waals surface area contributed by atoms with Gasteiger partial charge in [-0.2, -0.15) is 0 Å². The van der Waals surface area contributed by atoms with Crippen molar-refractivity contribution in [2.75, 3.05) is 4.43 Å². The number of alkyl halides is 1. The number of carbonyl (C=O) groups excluding carboxylic acids is 1. The number of ether oxygens (including phenoxy) is 1. The van der Waals surface area contributed by atoms with Gasteiger partial charge in [-0.15, -0.1) is 0 Å². The summed E-state index contributed by atoms with van der Waals surface area (Å²) in [5.41, 5.74) is 5.55. The fourth-order valence-corrected chi connectivity index (χ4v) is 1.86. The van der Waals surface area contributed by atoms with Crippen LogP contribution in [0.2, 0.25) is 0 Å². The van der Waals surface area contributed by atoms with E-state index < -0.39 is 6.04 Å². The minimum absolute atomic E-state index is 0.134.